The lowest BCUT2D eigenvalue weighted by Crippen LogP contribution is -2.39. The van der Waals surface area contributed by atoms with Crippen molar-refractivity contribution >= 4 is 16.7 Å². The van der Waals surface area contributed by atoms with Crippen molar-refractivity contribution in [1.29, 1.82) is 0 Å². The van der Waals surface area contributed by atoms with Gasteiger partial charge in [0.15, 0.2) is 5.78 Å². The molecule has 3 nitrogen and oxygen atoms in total. The third-order valence-electron chi connectivity index (χ3n) is 2.93. The number of carbonyl (C=O) groups is 1. The number of fused-ring (bicyclic) bond motifs is 1. The van der Waals surface area contributed by atoms with Crippen LogP contribution >= 0.6 is 0 Å². The van der Waals surface area contributed by atoms with Crippen molar-refractivity contribution in [2.24, 2.45) is 0 Å². The van der Waals surface area contributed by atoms with E-state index in [9.17, 15) is 4.79 Å². The van der Waals surface area contributed by atoms with Gasteiger partial charge < -0.3 is 5.32 Å². The number of benzene rings is 1. The largest absolute Gasteiger partial charge is 0.305 e. The number of aromatic nitrogens is 1. The van der Waals surface area contributed by atoms with Crippen molar-refractivity contribution in [3.63, 3.8) is 0 Å². The normalized spacial score (nSPS) is 11.8. The van der Waals surface area contributed by atoms with E-state index in [-0.39, 0.29) is 11.3 Å². The molecule has 2 rings (SSSR count). The first kappa shape index (κ1) is 13.7. The van der Waals surface area contributed by atoms with E-state index in [0.717, 1.165) is 22.2 Å². The summed E-state index contributed by atoms with van der Waals surface area (Å²) in [6.45, 7) is 8.47. The van der Waals surface area contributed by atoms with Crippen LogP contribution in [0.4, 0.5) is 0 Å². The Morgan fingerprint density at radius 2 is 1.95 bits per heavy atom. The minimum atomic E-state index is -0.0504. The Labute approximate surface area is 114 Å². The van der Waals surface area contributed by atoms with Crippen molar-refractivity contribution in [1.82, 2.24) is 10.3 Å². The third-order valence-corrected chi connectivity index (χ3v) is 2.93. The molecule has 0 spiro atoms. The van der Waals surface area contributed by atoms with Gasteiger partial charge in [0.1, 0.15) is 0 Å². The fourth-order valence-electron chi connectivity index (χ4n) is 1.85. The van der Waals surface area contributed by atoms with Crippen LogP contribution in [0.25, 0.3) is 10.9 Å². The summed E-state index contributed by atoms with van der Waals surface area (Å²) in [7, 11) is 0. The van der Waals surface area contributed by atoms with Crippen molar-refractivity contribution in [3.05, 3.63) is 41.6 Å². The van der Waals surface area contributed by atoms with Gasteiger partial charge in [0.2, 0.25) is 0 Å². The maximum atomic E-state index is 12.1. The molecular weight excluding hydrogens is 236 g/mol. The maximum Gasteiger partial charge on any atom is 0.176 e. The van der Waals surface area contributed by atoms with Crippen LogP contribution < -0.4 is 5.32 Å². The molecule has 0 aliphatic heterocycles. The van der Waals surface area contributed by atoms with Gasteiger partial charge in [-0.05, 0) is 52.0 Å². The Bertz CT molecular complexity index is 612. The molecule has 100 valence electrons. The molecule has 2 aromatic rings. The first-order valence-electron chi connectivity index (χ1n) is 6.51. The summed E-state index contributed by atoms with van der Waals surface area (Å²) in [4.78, 5) is 16.6. The van der Waals surface area contributed by atoms with E-state index in [1.807, 2.05) is 58.0 Å². The molecule has 1 aromatic carbocycles. The summed E-state index contributed by atoms with van der Waals surface area (Å²) in [5.41, 5.74) is 2.60. The average molecular weight is 256 g/mol. The minimum Gasteiger partial charge on any atom is -0.305 e. The highest BCUT2D eigenvalue weighted by molar-refractivity contribution is 6.00. The molecule has 0 saturated carbocycles. The lowest BCUT2D eigenvalue weighted by Gasteiger charge is -2.19. The molecule has 3 heteroatoms. The molecule has 0 amide bonds. The summed E-state index contributed by atoms with van der Waals surface area (Å²) < 4.78 is 0. The Hall–Kier alpha value is -1.74. The Balaban J connectivity index is 2.21. The lowest BCUT2D eigenvalue weighted by atomic mass is 10.1. The van der Waals surface area contributed by atoms with Gasteiger partial charge in [-0.25, -0.2) is 0 Å². The van der Waals surface area contributed by atoms with Crippen LogP contribution in [0.5, 0.6) is 0 Å². The number of hydrogen-bond donors (Lipinski definition) is 1. The van der Waals surface area contributed by atoms with Crippen LogP contribution in [0, 0.1) is 6.92 Å². The SMILES string of the molecule is Cc1ccc2cc(C(=O)CNC(C)(C)C)ccc2n1. The highest BCUT2D eigenvalue weighted by Crippen LogP contribution is 2.15. The zero-order chi connectivity index (χ0) is 14.0. The van der Waals surface area contributed by atoms with E-state index in [1.54, 1.807) is 0 Å². The van der Waals surface area contributed by atoms with Crippen LogP contribution in [-0.2, 0) is 0 Å². The highest BCUT2D eigenvalue weighted by Gasteiger charge is 2.13. The molecule has 0 fully saturated rings. The van der Waals surface area contributed by atoms with E-state index < -0.39 is 0 Å². The molecule has 0 bridgehead atoms. The van der Waals surface area contributed by atoms with E-state index in [0.29, 0.717) is 6.54 Å². The first-order valence-corrected chi connectivity index (χ1v) is 6.51. The molecule has 0 aliphatic carbocycles. The number of rotatable bonds is 3. The number of ketones is 1. The summed E-state index contributed by atoms with van der Waals surface area (Å²) in [6.07, 6.45) is 0. The molecule has 1 aromatic heterocycles. The van der Waals surface area contributed by atoms with Crippen molar-refractivity contribution in [3.8, 4) is 0 Å². The van der Waals surface area contributed by atoms with Gasteiger partial charge in [0.25, 0.3) is 0 Å². The van der Waals surface area contributed by atoms with Crippen LogP contribution in [0.2, 0.25) is 0 Å². The summed E-state index contributed by atoms with van der Waals surface area (Å²) in [5, 5.41) is 4.22. The van der Waals surface area contributed by atoms with E-state index in [4.69, 9.17) is 0 Å². The Kier molecular flexibility index (Phi) is 3.67. The number of aryl methyl sites for hydroxylation is 1. The lowest BCUT2D eigenvalue weighted by molar-refractivity contribution is 0.0982. The fraction of sp³-hybridized carbons (Fsp3) is 0.375. The van der Waals surface area contributed by atoms with Gasteiger partial charge in [-0.1, -0.05) is 6.07 Å². The first-order chi connectivity index (χ1) is 8.85. The van der Waals surface area contributed by atoms with Crippen LogP contribution in [0.1, 0.15) is 36.8 Å². The predicted molar refractivity (Wildman–Crippen MR) is 78.6 cm³/mol. The van der Waals surface area contributed by atoms with E-state index in [1.165, 1.54) is 0 Å². The van der Waals surface area contributed by atoms with Gasteiger partial charge in [0, 0.05) is 22.2 Å². The van der Waals surface area contributed by atoms with E-state index in [2.05, 4.69) is 10.3 Å². The molecule has 0 saturated heterocycles. The zero-order valence-electron chi connectivity index (χ0n) is 11.9. The zero-order valence-corrected chi connectivity index (χ0v) is 11.9. The standard InChI is InChI=1S/C16H20N2O/c1-11-5-6-12-9-13(7-8-14(12)18-11)15(19)10-17-16(2,3)4/h5-9,17H,10H2,1-4H3. The number of carbonyl (C=O) groups excluding carboxylic acids is 1. The molecule has 0 atom stereocenters. The number of Topliss-reactive ketones (excluding diaryl/α,β-unsaturated/α-hetero) is 1. The van der Waals surface area contributed by atoms with Crippen molar-refractivity contribution < 1.29 is 4.79 Å². The third kappa shape index (κ3) is 3.61. The van der Waals surface area contributed by atoms with Crippen molar-refractivity contribution in [2.45, 2.75) is 33.2 Å². The number of hydrogen-bond acceptors (Lipinski definition) is 3. The van der Waals surface area contributed by atoms with Gasteiger partial charge in [0.05, 0.1) is 12.1 Å². The predicted octanol–water partition coefficient (Wildman–Crippen LogP) is 3.11. The van der Waals surface area contributed by atoms with Crippen LogP contribution in [-0.4, -0.2) is 22.9 Å². The summed E-state index contributed by atoms with van der Waals surface area (Å²) in [6, 6.07) is 9.64. The maximum absolute atomic E-state index is 12.1. The Morgan fingerprint density at radius 3 is 2.63 bits per heavy atom. The van der Waals surface area contributed by atoms with Crippen LogP contribution in [0.3, 0.4) is 0 Å². The summed E-state index contributed by atoms with van der Waals surface area (Å²) in [5.74, 6) is 0.109. The monoisotopic (exact) mass is 256 g/mol. The smallest absolute Gasteiger partial charge is 0.176 e. The van der Waals surface area contributed by atoms with Gasteiger partial charge >= 0.3 is 0 Å². The van der Waals surface area contributed by atoms with Gasteiger partial charge in [-0.2, -0.15) is 0 Å². The molecule has 0 unspecified atom stereocenters. The quantitative estimate of drug-likeness (QED) is 0.858. The number of nitrogens with one attached hydrogen (secondary N) is 1. The Morgan fingerprint density at radius 1 is 1.21 bits per heavy atom. The molecular formula is C16H20N2O. The molecule has 0 aliphatic rings. The minimum absolute atomic E-state index is 0.0504. The van der Waals surface area contributed by atoms with E-state index >= 15 is 0 Å². The highest BCUT2D eigenvalue weighted by atomic mass is 16.1. The number of pyridine rings is 1. The topological polar surface area (TPSA) is 42.0 Å². The molecule has 1 heterocycles. The second-order valence-electron chi connectivity index (χ2n) is 5.89. The van der Waals surface area contributed by atoms with Gasteiger partial charge in [-0.15, -0.1) is 0 Å². The second-order valence-corrected chi connectivity index (χ2v) is 5.89. The molecule has 0 radical (unpaired) electrons. The molecule has 19 heavy (non-hydrogen) atoms. The second kappa shape index (κ2) is 5.10. The fourth-order valence-corrected chi connectivity index (χ4v) is 1.85. The number of nitrogens with zero attached hydrogens (tertiary/aromatic N) is 1. The van der Waals surface area contributed by atoms with Crippen LogP contribution in [0.15, 0.2) is 30.3 Å². The summed E-state index contributed by atoms with van der Waals surface area (Å²) >= 11 is 0. The van der Waals surface area contributed by atoms with Gasteiger partial charge in [-0.3, -0.25) is 9.78 Å². The molecule has 1 N–H and O–H groups in total. The van der Waals surface area contributed by atoms with Crippen molar-refractivity contribution in [2.75, 3.05) is 6.54 Å². The average Bonchev–Trinajstić information content (AvgIpc) is 2.34.